The second-order valence-electron chi connectivity index (χ2n) is 1.000. The lowest BCUT2D eigenvalue weighted by molar-refractivity contribution is 0.886. The zero-order valence-corrected chi connectivity index (χ0v) is 5.33. The van der Waals surface area contributed by atoms with E-state index in [0.717, 1.165) is 0 Å². The maximum absolute atomic E-state index is 4.19. The second kappa shape index (κ2) is 18.5. The summed E-state index contributed by atoms with van der Waals surface area (Å²) in [6.07, 6.45) is 2.64. The normalized spacial score (nSPS) is 6.00. The summed E-state index contributed by atoms with van der Waals surface area (Å²) in [5.41, 5.74) is 0. The SMILES string of the molecule is CCCC.NS. The van der Waals surface area contributed by atoms with Gasteiger partial charge in [0.05, 0.1) is 0 Å². The number of rotatable bonds is 1. The highest BCUT2D eigenvalue weighted by Crippen LogP contribution is 1.76. The van der Waals surface area contributed by atoms with Crippen LogP contribution in [0.3, 0.4) is 0 Å². The molecule has 0 atom stereocenters. The van der Waals surface area contributed by atoms with Crippen LogP contribution in [-0.4, -0.2) is 0 Å². The predicted octanol–water partition coefficient (Wildman–Crippen LogP) is 1.60. The lowest BCUT2D eigenvalue weighted by Crippen LogP contribution is -1.49. The largest absolute Gasteiger partial charge is 0.281 e. The molecule has 0 aromatic heterocycles. The van der Waals surface area contributed by atoms with Gasteiger partial charge in [-0.2, -0.15) is 0 Å². The van der Waals surface area contributed by atoms with E-state index in [9.17, 15) is 0 Å². The fraction of sp³-hybridized carbons (Fsp3) is 1.00. The highest BCUT2D eigenvalue weighted by atomic mass is 32.1. The molecule has 2 heteroatoms. The van der Waals surface area contributed by atoms with Crippen LogP contribution in [-0.2, 0) is 0 Å². The number of unbranched alkanes of at least 4 members (excludes halogenated alkanes) is 1. The Bertz CT molecular complexity index is 9.51. The van der Waals surface area contributed by atoms with E-state index in [2.05, 4.69) is 31.8 Å². The van der Waals surface area contributed by atoms with Crippen molar-refractivity contribution in [2.24, 2.45) is 5.14 Å². The van der Waals surface area contributed by atoms with Gasteiger partial charge in [-0.05, 0) is 0 Å². The molecule has 0 aliphatic rings. The zero-order chi connectivity index (χ0) is 5.41. The van der Waals surface area contributed by atoms with Crippen molar-refractivity contribution in [2.45, 2.75) is 26.7 Å². The Kier molecular flexibility index (Phi) is 29.5. The molecule has 0 spiro atoms. The Morgan fingerprint density at radius 1 is 1.17 bits per heavy atom. The maximum atomic E-state index is 4.19. The first-order valence-corrected chi connectivity index (χ1v) is 2.69. The van der Waals surface area contributed by atoms with Crippen molar-refractivity contribution in [1.29, 1.82) is 0 Å². The van der Waals surface area contributed by atoms with Crippen molar-refractivity contribution in [3.05, 3.63) is 0 Å². The van der Waals surface area contributed by atoms with Crippen LogP contribution in [0.2, 0.25) is 0 Å². The summed E-state index contributed by atoms with van der Waals surface area (Å²) >= 11 is 3.03. The molecular weight excluding hydrogens is 94.1 g/mol. The third-order valence-electron chi connectivity index (χ3n) is 0.500. The van der Waals surface area contributed by atoms with E-state index in [1.807, 2.05) is 0 Å². The summed E-state index contributed by atoms with van der Waals surface area (Å²) in [5, 5.41) is 4.19. The average Bonchev–Trinajstić information content (AvgIpc) is 1.72. The number of hydrogen-bond donors (Lipinski definition) is 2. The predicted molar refractivity (Wildman–Crippen MR) is 33.8 cm³/mol. The molecule has 0 saturated carbocycles. The molecule has 0 aliphatic heterocycles. The Labute approximate surface area is 45.5 Å². The van der Waals surface area contributed by atoms with Crippen molar-refractivity contribution in [2.75, 3.05) is 0 Å². The quantitative estimate of drug-likeness (QED) is 0.489. The molecule has 0 rings (SSSR count). The van der Waals surface area contributed by atoms with Crippen LogP contribution >= 0.6 is 12.8 Å². The summed E-state index contributed by atoms with van der Waals surface area (Å²) in [6.45, 7) is 4.36. The van der Waals surface area contributed by atoms with Gasteiger partial charge in [0.1, 0.15) is 0 Å². The Balaban J connectivity index is 0. The molecule has 40 valence electrons. The van der Waals surface area contributed by atoms with Crippen molar-refractivity contribution < 1.29 is 0 Å². The zero-order valence-electron chi connectivity index (χ0n) is 4.44. The van der Waals surface area contributed by atoms with E-state index in [1.54, 1.807) is 0 Å². The van der Waals surface area contributed by atoms with Gasteiger partial charge in [0.2, 0.25) is 0 Å². The van der Waals surface area contributed by atoms with E-state index >= 15 is 0 Å². The van der Waals surface area contributed by atoms with Crippen LogP contribution < -0.4 is 5.14 Å². The van der Waals surface area contributed by atoms with Crippen LogP contribution in [0, 0.1) is 0 Å². The molecule has 0 aliphatic carbocycles. The maximum Gasteiger partial charge on any atom is -0.0564 e. The standard InChI is InChI=1S/C4H10.H3NS/c1-3-4-2;1-2/h3-4H2,1-2H3;2H,1H2. The molecule has 0 radical (unpaired) electrons. The molecule has 1 nitrogen and oxygen atoms in total. The van der Waals surface area contributed by atoms with Gasteiger partial charge in [0.15, 0.2) is 0 Å². The van der Waals surface area contributed by atoms with Gasteiger partial charge in [-0.15, -0.1) is 12.8 Å². The first-order valence-electron chi connectivity index (χ1n) is 2.17. The monoisotopic (exact) mass is 107 g/mol. The van der Waals surface area contributed by atoms with Crippen molar-refractivity contribution >= 4 is 12.8 Å². The fourth-order valence-corrected chi connectivity index (χ4v) is 0. The first kappa shape index (κ1) is 9.58. The van der Waals surface area contributed by atoms with Gasteiger partial charge in [-0.1, -0.05) is 26.7 Å². The number of nitrogens with two attached hydrogens (primary N) is 1. The van der Waals surface area contributed by atoms with E-state index in [0.29, 0.717) is 0 Å². The molecule has 0 unspecified atom stereocenters. The van der Waals surface area contributed by atoms with E-state index in [-0.39, 0.29) is 0 Å². The van der Waals surface area contributed by atoms with Gasteiger partial charge in [0.25, 0.3) is 0 Å². The molecule has 0 fully saturated rings. The smallest absolute Gasteiger partial charge is 0.0564 e. The average molecular weight is 107 g/mol. The Hall–Kier alpha value is 0.310. The summed E-state index contributed by atoms with van der Waals surface area (Å²) in [5.74, 6) is 0. The molecule has 0 amide bonds. The summed E-state index contributed by atoms with van der Waals surface area (Å²) < 4.78 is 0. The molecule has 0 bridgehead atoms. The first-order chi connectivity index (χ1) is 2.91. The highest BCUT2D eigenvalue weighted by Gasteiger charge is 1.56. The molecule has 0 saturated heterocycles. The van der Waals surface area contributed by atoms with E-state index in [1.165, 1.54) is 12.8 Å². The minimum atomic E-state index is 1.32. The van der Waals surface area contributed by atoms with Crippen molar-refractivity contribution in [1.82, 2.24) is 0 Å². The lowest BCUT2D eigenvalue weighted by atomic mass is 10.4. The van der Waals surface area contributed by atoms with Gasteiger partial charge in [-0.25, -0.2) is 0 Å². The molecule has 6 heavy (non-hydrogen) atoms. The molecule has 0 heterocycles. The minimum Gasteiger partial charge on any atom is -0.281 e. The molecule has 0 aromatic rings. The van der Waals surface area contributed by atoms with Gasteiger partial charge >= 0.3 is 0 Å². The topological polar surface area (TPSA) is 26.0 Å². The van der Waals surface area contributed by atoms with E-state index < -0.39 is 0 Å². The van der Waals surface area contributed by atoms with Crippen LogP contribution in [0.1, 0.15) is 26.7 Å². The second-order valence-corrected chi connectivity index (χ2v) is 1.000. The molecular formula is C4H13NS. The highest BCUT2D eigenvalue weighted by molar-refractivity contribution is 7.77. The number of thiol groups is 1. The molecule has 2 N–H and O–H groups in total. The van der Waals surface area contributed by atoms with Crippen LogP contribution in [0.4, 0.5) is 0 Å². The third kappa shape index (κ3) is 27.5. The summed E-state index contributed by atoms with van der Waals surface area (Å²) in [6, 6.07) is 0. The van der Waals surface area contributed by atoms with Gasteiger partial charge in [-0.3, -0.25) is 5.14 Å². The number of hydrogen-bond acceptors (Lipinski definition) is 2. The van der Waals surface area contributed by atoms with Crippen LogP contribution in [0.15, 0.2) is 0 Å². The van der Waals surface area contributed by atoms with Crippen LogP contribution in [0.5, 0.6) is 0 Å². The lowest BCUT2D eigenvalue weighted by Gasteiger charge is -1.68. The van der Waals surface area contributed by atoms with Crippen LogP contribution in [0.25, 0.3) is 0 Å². The summed E-state index contributed by atoms with van der Waals surface area (Å²) in [4.78, 5) is 0. The Morgan fingerprint density at radius 3 is 1.33 bits per heavy atom. The van der Waals surface area contributed by atoms with Crippen molar-refractivity contribution in [3.63, 3.8) is 0 Å². The van der Waals surface area contributed by atoms with Gasteiger partial charge in [0, 0.05) is 0 Å². The van der Waals surface area contributed by atoms with E-state index in [4.69, 9.17) is 0 Å². The van der Waals surface area contributed by atoms with Crippen molar-refractivity contribution in [3.8, 4) is 0 Å². The third-order valence-corrected chi connectivity index (χ3v) is 0.500. The minimum absolute atomic E-state index is 1.32. The summed E-state index contributed by atoms with van der Waals surface area (Å²) in [7, 11) is 0. The Morgan fingerprint density at radius 2 is 1.33 bits per heavy atom. The fourth-order valence-electron chi connectivity index (χ4n) is 0. The van der Waals surface area contributed by atoms with Gasteiger partial charge < -0.3 is 0 Å². The molecule has 0 aromatic carbocycles.